The van der Waals surface area contributed by atoms with Crippen molar-refractivity contribution in [3.63, 3.8) is 0 Å². The molecule has 1 aliphatic rings. The SMILES string of the molecule is Cc1oc(C(=O)O)cc1CSc1n[nH]c(=O)n1C1CC1. The Hall–Kier alpha value is -1.96. The van der Waals surface area contributed by atoms with E-state index in [2.05, 4.69) is 10.2 Å². The number of carboxylic acid groups (broad SMARTS) is 1. The molecule has 1 fully saturated rings. The van der Waals surface area contributed by atoms with E-state index in [0.29, 0.717) is 16.7 Å². The summed E-state index contributed by atoms with van der Waals surface area (Å²) in [6, 6.07) is 1.76. The number of furan rings is 1. The molecule has 2 aromatic heterocycles. The number of hydrogen-bond donors (Lipinski definition) is 2. The molecule has 0 radical (unpaired) electrons. The molecule has 1 aliphatic carbocycles. The molecular weight excluding hydrogens is 282 g/mol. The maximum absolute atomic E-state index is 11.6. The molecule has 0 aromatic carbocycles. The molecule has 0 amide bonds. The Balaban J connectivity index is 1.77. The summed E-state index contributed by atoms with van der Waals surface area (Å²) in [5.74, 6) is -0.0657. The fourth-order valence-corrected chi connectivity index (χ4v) is 3.01. The van der Waals surface area contributed by atoms with Gasteiger partial charge in [0.05, 0.1) is 0 Å². The number of nitrogens with zero attached hydrogens (tertiary/aromatic N) is 2. The van der Waals surface area contributed by atoms with Gasteiger partial charge in [0.1, 0.15) is 5.76 Å². The Bertz CT molecular complexity index is 711. The van der Waals surface area contributed by atoms with E-state index in [1.807, 2.05) is 0 Å². The van der Waals surface area contributed by atoms with Gasteiger partial charge in [0, 0.05) is 17.4 Å². The number of carbonyl (C=O) groups is 1. The summed E-state index contributed by atoms with van der Waals surface area (Å²) in [7, 11) is 0. The topological polar surface area (TPSA) is 101 Å². The Morgan fingerprint density at radius 3 is 3.00 bits per heavy atom. The third-order valence-corrected chi connectivity index (χ3v) is 4.17. The average molecular weight is 295 g/mol. The van der Waals surface area contributed by atoms with Gasteiger partial charge in [-0.1, -0.05) is 11.8 Å². The number of aryl methyl sites for hydroxylation is 1. The van der Waals surface area contributed by atoms with E-state index in [1.165, 1.54) is 17.8 Å². The van der Waals surface area contributed by atoms with Crippen LogP contribution in [0.15, 0.2) is 20.4 Å². The van der Waals surface area contributed by atoms with Crippen LogP contribution < -0.4 is 5.69 Å². The number of rotatable bonds is 5. The highest BCUT2D eigenvalue weighted by molar-refractivity contribution is 7.98. The Labute approximate surface area is 118 Å². The van der Waals surface area contributed by atoms with Crippen LogP contribution in [0.25, 0.3) is 0 Å². The second-order valence-corrected chi connectivity index (χ2v) is 5.64. The van der Waals surface area contributed by atoms with Crippen LogP contribution in [0.1, 0.15) is 40.8 Å². The van der Waals surface area contributed by atoms with E-state index in [0.717, 1.165) is 18.4 Å². The zero-order valence-electron chi connectivity index (χ0n) is 10.8. The first-order chi connectivity index (χ1) is 9.56. The molecule has 0 aliphatic heterocycles. The molecule has 7 nitrogen and oxygen atoms in total. The van der Waals surface area contributed by atoms with Gasteiger partial charge < -0.3 is 9.52 Å². The Morgan fingerprint density at radius 1 is 1.65 bits per heavy atom. The van der Waals surface area contributed by atoms with Crippen LogP contribution in [0.3, 0.4) is 0 Å². The van der Waals surface area contributed by atoms with Crippen molar-refractivity contribution in [2.45, 2.75) is 36.7 Å². The number of carboxylic acids is 1. The van der Waals surface area contributed by atoms with E-state index < -0.39 is 5.97 Å². The molecule has 2 aromatic rings. The smallest absolute Gasteiger partial charge is 0.371 e. The minimum absolute atomic E-state index is 0.0697. The second kappa shape index (κ2) is 4.86. The van der Waals surface area contributed by atoms with Crippen molar-refractivity contribution >= 4 is 17.7 Å². The summed E-state index contributed by atoms with van der Waals surface area (Å²) in [5, 5.41) is 16.0. The van der Waals surface area contributed by atoms with Gasteiger partial charge in [-0.3, -0.25) is 4.57 Å². The molecule has 0 saturated heterocycles. The van der Waals surface area contributed by atoms with Gasteiger partial charge in [-0.05, 0) is 25.8 Å². The van der Waals surface area contributed by atoms with Crippen LogP contribution in [0.4, 0.5) is 0 Å². The van der Waals surface area contributed by atoms with Crippen molar-refractivity contribution in [1.29, 1.82) is 0 Å². The molecule has 3 rings (SSSR count). The van der Waals surface area contributed by atoms with Crippen LogP contribution in [0, 0.1) is 6.92 Å². The zero-order valence-corrected chi connectivity index (χ0v) is 11.6. The fraction of sp³-hybridized carbons (Fsp3) is 0.417. The van der Waals surface area contributed by atoms with Crippen molar-refractivity contribution in [3.8, 4) is 0 Å². The molecular formula is C12H13N3O4S. The molecule has 2 heterocycles. The molecule has 1 saturated carbocycles. The summed E-state index contributed by atoms with van der Waals surface area (Å²) in [5.41, 5.74) is 0.607. The third-order valence-electron chi connectivity index (χ3n) is 3.17. The van der Waals surface area contributed by atoms with Gasteiger partial charge in [0.25, 0.3) is 0 Å². The minimum Gasteiger partial charge on any atom is -0.475 e. The quantitative estimate of drug-likeness (QED) is 0.816. The first kappa shape index (κ1) is 13.0. The van der Waals surface area contributed by atoms with Gasteiger partial charge in [0.15, 0.2) is 5.16 Å². The zero-order chi connectivity index (χ0) is 14.3. The normalized spacial score (nSPS) is 14.7. The van der Waals surface area contributed by atoms with Gasteiger partial charge in [-0.2, -0.15) is 0 Å². The summed E-state index contributed by atoms with van der Waals surface area (Å²) < 4.78 is 6.81. The lowest BCUT2D eigenvalue weighted by atomic mass is 10.3. The summed E-state index contributed by atoms with van der Waals surface area (Å²) >= 11 is 1.40. The van der Waals surface area contributed by atoms with E-state index >= 15 is 0 Å². The lowest BCUT2D eigenvalue weighted by molar-refractivity contribution is 0.0661. The van der Waals surface area contributed by atoms with E-state index in [9.17, 15) is 9.59 Å². The second-order valence-electron chi connectivity index (χ2n) is 4.70. The summed E-state index contributed by atoms with van der Waals surface area (Å²) in [6.07, 6.45) is 2.00. The van der Waals surface area contributed by atoms with Crippen LogP contribution in [-0.4, -0.2) is 25.8 Å². The number of hydrogen-bond acceptors (Lipinski definition) is 5. The highest BCUT2D eigenvalue weighted by Gasteiger charge is 2.28. The van der Waals surface area contributed by atoms with E-state index in [-0.39, 0.29) is 17.5 Å². The standard InChI is InChI=1S/C12H13N3O4S/c1-6-7(4-9(19-6)10(16)17)5-20-12-14-13-11(18)15(12)8-2-3-8/h4,8H,2-3,5H2,1H3,(H,13,18)(H,16,17). The van der Waals surface area contributed by atoms with Crippen LogP contribution >= 0.6 is 11.8 Å². The lowest BCUT2D eigenvalue weighted by Crippen LogP contribution is -2.16. The van der Waals surface area contributed by atoms with Crippen LogP contribution in [0.5, 0.6) is 0 Å². The van der Waals surface area contributed by atoms with Crippen LogP contribution in [0.2, 0.25) is 0 Å². The molecule has 8 heteroatoms. The van der Waals surface area contributed by atoms with E-state index in [4.69, 9.17) is 9.52 Å². The summed E-state index contributed by atoms with van der Waals surface area (Å²) in [4.78, 5) is 22.5. The Kier molecular flexibility index (Phi) is 3.17. The number of nitrogens with one attached hydrogen (secondary N) is 1. The number of thioether (sulfide) groups is 1. The maximum atomic E-state index is 11.6. The van der Waals surface area contributed by atoms with E-state index in [1.54, 1.807) is 11.5 Å². The molecule has 0 unspecified atom stereocenters. The number of aromatic amines is 1. The van der Waals surface area contributed by atoms with Gasteiger partial charge >= 0.3 is 11.7 Å². The molecule has 2 N–H and O–H groups in total. The average Bonchev–Trinajstić information content (AvgIpc) is 3.06. The first-order valence-corrected chi connectivity index (χ1v) is 7.17. The van der Waals surface area contributed by atoms with Crippen molar-refractivity contribution in [2.24, 2.45) is 0 Å². The maximum Gasteiger partial charge on any atom is 0.371 e. The van der Waals surface area contributed by atoms with Crippen LogP contribution in [-0.2, 0) is 5.75 Å². The lowest BCUT2D eigenvalue weighted by Gasteiger charge is -2.02. The van der Waals surface area contributed by atoms with Crippen molar-refractivity contribution < 1.29 is 14.3 Å². The monoisotopic (exact) mass is 295 g/mol. The molecule has 0 bridgehead atoms. The largest absolute Gasteiger partial charge is 0.475 e. The van der Waals surface area contributed by atoms with Crippen molar-refractivity contribution in [1.82, 2.24) is 14.8 Å². The number of aromatic carboxylic acids is 1. The number of H-pyrrole nitrogens is 1. The van der Waals surface area contributed by atoms with Gasteiger partial charge in [-0.25, -0.2) is 14.7 Å². The fourth-order valence-electron chi connectivity index (χ4n) is 1.96. The Morgan fingerprint density at radius 2 is 2.40 bits per heavy atom. The predicted molar refractivity (Wildman–Crippen MR) is 71.1 cm³/mol. The molecule has 0 spiro atoms. The van der Waals surface area contributed by atoms with Crippen molar-refractivity contribution in [2.75, 3.05) is 0 Å². The van der Waals surface area contributed by atoms with Gasteiger partial charge in [-0.15, -0.1) is 5.10 Å². The third kappa shape index (κ3) is 2.38. The van der Waals surface area contributed by atoms with Gasteiger partial charge in [0.2, 0.25) is 5.76 Å². The summed E-state index contributed by atoms with van der Waals surface area (Å²) in [6.45, 7) is 1.72. The highest BCUT2D eigenvalue weighted by Crippen LogP contribution is 2.36. The molecule has 20 heavy (non-hydrogen) atoms. The van der Waals surface area contributed by atoms with Crippen molar-refractivity contribution in [3.05, 3.63) is 33.6 Å². The predicted octanol–water partition coefficient (Wildman–Crippen LogP) is 1.80. The minimum atomic E-state index is -1.08. The molecule has 106 valence electrons. The number of aromatic nitrogens is 3. The molecule has 0 atom stereocenters. The first-order valence-electron chi connectivity index (χ1n) is 6.18. The highest BCUT2D eigenvalue weighted by atomic mass is 32.2.